The second-order valence-electron chi connectivity index (χ2n) is 3.91. The molecule has 4 nitrogen and oxygen atoms in total. The average molecular weight is 257 g/mol. The van der Waals surface area contributed by atoms with E-state index in [1.165, 1.54) is 18.2 Å². The number of phenolic OH excluding ortho intramolecular Hbond substituents is 1. The number of phenols is 1. The van der Waals surface area contributed by atoms with Crippen LogP contribution in [0.15, 0.2) is 18.2 Å². The quantitative estimate of drug-likeness (QED) is 0.661. The Labute approximate surface area is 107 Å². The molecule has 1 aromatic rings. The Bertz CT molecular complexity index is 347. The molecule has 0 aliphatic carbocycles. The molecule has 0 saturated carbocycles. The number of rotatable bonds is 9. The molecule has 0 aliphatic heterocycles. The fourth-order valence-electron chi connectivity index (χ4n) is 1.46. The van der Waals surface area contributed by atoms with Gasteiger partial charge in [-0.3, -0.25) is 0 Å². The third kappa shape index (κ3) is 5.95. The second kappa shape index (κ2) is 8.85. The summed E-state index contributed by atoms with van der Waals surface area (Å²) in [5.41, 5.74) is 0.565. The summed E-state index contributed by atoms with van der Waals surface area (Å²) in [6.45, 7) is 3.06. The summed E-state index contributed by atoms with van der Waals surface area (Å²) >= 11 is 0. The van der Waals surface area contributed by atoms with Gasteiger partial charge in [0, 0.05) is 25.8 Å². The predicted octanol–water partition coefficient (Wildman–Crippen LogP) is 1.67. The minimum absolute atomic E-state index is 0.111. The van der Waals surface area contributed by atoms with Crippen LogP contribution in [0.2, 0.25) is 0 Å². The topological polar surface area (TPSA) is 50.7 Å². The first-order valence-electron chi connectivity index (χ1n) is 5.99. The van der Waals surface area contributed by atoms with Crippen LogP contribution in [-0.2, 0) is 16.0 Å². The molecule has 2 N–H and O–H groups in total. The molecule has 0 fully saturated rings. The number of nitrogens with one attached hydrogen (secondary N) is 1. The van der Waals surface area contributed by atoms with Crippen molar-refractivity contribution in [2.75, 3.05) is 33.5 Å². The zero-order valence-electron chi connectivity index (χ0n) is 10.6. The van der Waals surface area contributed by atoms with E-state index >= 15 is 0 Å². The van der Waals surface area contributed by atoms with Crippen molar-refractivity contribution in [1.82, 2.24) is 5.32 Å². The molecule has 102 valence electrons. The Morgan fingerprint density at radius 1 is 1.28 bits per heavy atom. The molecule has 0 heterocycles. The zero-order valence-corrected chi connectivity index (χ0v) is 10.6. The van der Waals surface area contributed by atoms with Gasteiger partial charge in [0.05, 0.1) is 13.2 Å². The highest BCUT2D eigenvalue weighted by molar-refractivity contribution is 5.32. The Kier molecular flexibility index (Phi) is 7.32. The summed E-state index contributed by atoms with van der Waals surface area (Å²) in [6.07, 6.45) is 0.861. The Morgan fingerprint density at radius 3 is 2.89 bits per heavy atom. The van der Waals surface area contributed by atoms with Crippen molar-refractivity contribution in [1.29, 1.82) is 0 Å². The molecule has 1 aromatic carbocycles. The lowest BCUT2D eigenvalue weighted by atomic mass is 10.2. The summed E-state index contributed by atoms with van der Waals surface area (Å²) < 4.78 is 23.1. The van der Waals surface area contributed by atoms with Crippen molar-refractivity contribution in [3.8, 4) is 5.75 Å². The van der Waals surface area contributed by atoms with Gasteiger partial charge in [0.1, 0.15) is 11.6 Å². The van der Waals surface area contributed by atoms with Crippen LogP contribution in [-0.4, -0.2) is 38.6 Å². The second-order valence-corrected chi connectivity index (χ2v) is 3.91. The molecule has 0 aliphatic rings. The number of aromatic hydroxyl groups is 1. The third-order valence-corrected chi connectivity index (χ3v) is 2.43. The van der Waals surface area contributed by atoms with Gasteiger partial charge in [0.25, 0.3) is 0 Å². The van der Waals surface area contributed by atoms with Crippen molar-refractivity contribution < 1.29 is 19.0 Å². The molecule has 0 radical (unpaired) electrons. The van der Waals surface area contributed by atoms with E-state index in [2.05, 4.69) is 5.32 Å². The van der Waals surface area contributed by atoms with Crippen molar-refractivity contribution in [3.05, 3.63) is 29.6 Å². The van der Waals surface area contributed by atoms with Crippen LogP contribution < -0.4 is 5.32 Å². The van der Waals surface area contributed by atoms with E-state index in [1.807, 2.05) is 0 Å². The van der Waals surface area contributed by atoms with Gasteiger partial charge in [-0.2, -0.15) is 0 Å². The van der Waals surface area contributed by atoms with Crippen LogP contribution >= 0.6 is 0 Å². The maximum atomic E-state index is 12.9. The van der Waals surface area contributed by atoms with Gasteiger partial charge in [-0.05, 0) is 31.2 Å². The van der Waals surface area contributed by atoms with Crippen molar-refractivity contribution in [3.63, 3.8) is 0 Å². The van der Waals surface area contributed by atoms with Gasteiger partial charge in [0.15, 0.2) is 0 Å². The molecule has 1 rings (SSSR count). The predicted molar refractivity (Wildman–Crippen MR) is 67.1 cm³/mol. The summed E-state index contributed by atoms with van der Waals surface area (Å²) in [4.78, 5) is 0. The molecular weight excluding hydrogens is 237 g/mol. The first-order chi connectivity index (χ1) is 8.74. The minimum Gasteiger partial charge on any atom is -0.508 e. The fraction of sp³-hybridized carbons (Fsp3) is 0.538. The minimum atomic E-state index is -0.340. The maximum absolute atomic E-state index is 12.9. The lowest BCUT2D eigenvalue weighted by Crippen LogP contribution is -2.17. The number of ether oxygens (including phenoxy) is 2. The van der Waals surface area contributed by atoms with Crippen LogP contribution in [0.5, 0.6) is 5.75 Å². The van der Waals surface area contributed by atoms with Crippen LogP contribution in [0.1, 0.15) is 12.0 Å². The molecule has 0 saturated heterocycles. The third-order valence-electron chi connectivity index (χ3n) is 2.43. The van der Waals surface area contributed by atoms with E-state index in [0.29, 0.717) is 31.9 Å². The lowest BCUT2D eigenvalue weighted by molar-refractivity contribution is 0.0694. The number of hydrogen-bond donors (Lipinski definition) is 2. The van der Waals surface area contributed by atoms with E-state index in [1.54, 1.807) is 7.11 Å². The molecule has 0 spiro atoms. The monoisotopic (exact) mass is 257 g/mol. The van der Waals surface area contributed by atoms with E-state index in [-0.39, 0.29) is 11.6 Å². The molecular formula is C13H20FNO3. The van der Waals surface area contributed by atoms with Gasteiger partial charge >= 0.3 is 0 Å². The van der Waals surface area contributed by atoms with Crippen LogP contribution in [0.3, 0.4) is 0 Å². The summed E-state index contributed by atoms with van der Waals surface area (Å²) in [5, 5.41) is 12.6. The smallest absolute Gasteiger partial charge is 0.123 e. The van der Waals surface area contributed by atoms with E-state index in [0.717, 1.165) is 13.0 Å². The van der Waals surface area contributed by atoms with E-state index in [9.17, 15) is 9.50 Å². The molecule has 0 amide bonds. The normalized spacial score (nSPS) is 10.8. The van der Waals surface area contributed by atoms with Crippen LogP contribution in [0, 0.1) is 5.82 Å². The Hall–Kier alpha value is -1.17. The maximum Gasteiger partial charge on any atom is 0.123 e. The Balaban J connectivity index is 2.09. The molecule has 18 heavy (non-hydrogen) atoms. The summed E-state index contributed by atoms with van der Waals surface area (Å²) in [5.74, 6) is -0.229. The highest BCUT2D eigenvalue weighted by Crippen LogP contribution is 2.17. The SMILES string of the molecule is COCCOCCCNCc1cc(F)ccc1O. The first kappa shape index (κ1) is 14.9. The largest absolute Gasteiger partial charge is 0.508 e. The molecule has 0 atom stereocenters. The van der Waals surface area contributed by atoms with Crippen LogP contribution in [0.4, 0.5) is 4.39 Å². The highest BCUT2D eigenvalue weighted by atomic mass is 19.1. The molecule has 0 aromatic heterocycles. The van der Waals surface area contributed by atoms with Gasteiger partial charge in [-0.15, -0.1) is 0 Å². The summed E-state index contributed by atoms with van der Waals surface area (Å²) in [7, 11) is 1.64. The van der Waals surface area contributed by atoms with Crippen molar-refractivity contribution >= 4 is 0 Å². The van der Waals surface area contributed by atoms with Gasteiger partial charge in [0.2, 0.25) is 0 Å². The number of methoxy groups -OCH3 is 1. The van der Waals surface area contributed by atoms with Crippen molar-refractivity contribution in [2.24, 2.45) is 0 Å². The zero-order chi connectivity index (χ0) is 13.2. The first-order valence-corrected chi connectivity index (χ1v) is 5.99. The van der Waals surface area contributed by atoms with E-state index in [4.69, 9.17) is 9.47 Å². The number of halogens is 1. The summed E-state index contributed by atoms with van der Waals surface area (Å²) in [6, 6.07) is 3.93. The van der Waals surface area contributed by atoms with Gasteiger partial charge < -0.3 is 19.9 Å². The average Bonchev–Trinajstić information content (AvgIpc) is 2.36. The van der Waals surface area contributed by atoms with E-state index < -0.39 is 0 Å². The number of benzene rings is 1. The lowest BCUT2D eigenvalue weighted by Gasteiger charge is -2.07. The molecule has 5 heteroatoms. The van der Waals surface area contributed by atoms with Crippen molar-refractivity contribution in [2.45, 2.75) is 13.0 Å². The van der Waals surface area contributed by atoms with Crippen LogP contribution in [0.25, 0.3) is 0 Å². The van der Waals surface area contributed by atoms with Gasteiger partial charge in [-0.25, -0.2) is 4.39 Å². The standard InChI is InChI=1S/C13H20FNO3/c1-17-7-8-18-6-2-5-15-10-11-9-12(14)3-4-13(11)16/h3-4,9,15-16H,2,5-8,10H2,1H3. The molecule has 0 unspecified atom stereocenters. The number of hydrogen-bond acceptors (Lipinski definition) is 4. The Morgan fingerprint density at radius 2 is 2.11 bits per heavy atom. The highest BCUT2D eigenvalue weighted by Gasteiger charge is 2.01. The van der Waals surface area contributed by atoms with Gasteiger partial charge in [-0.1, -0.05) is 0 Å². The fourth-order valence-corrected chi connectivity index (χ4v) is 1.46. The molecule has 0 bridgehead atoms.